The van der Waals surface area contributed by atoms with E-state index >= 15 is 0 Å². The Morgan fingerprint density at radius 3 is 2.79 bits per heavy atom. The third-order valence-electron chi connectivity index (χ3n) is 3.85. The number of ether oxygens (including phenoxy) is 1. The molecular formula is C15H23FN2O. The summed E-state index contributed by atoms with van der Waals surface area (Å²) in [5, 5.41) is 3.51. The molecule has 1 aliphatic rings. The molecule has 1 aliphatic heterocycles. The fraction of sp³-hybridized carbons (Fsp3) is 0.600. The first-order valence-electron chi connectivity index (χ1n) is 6.69. The van der Waals surface area contributed by atoms with E-state index in [0.29, 0.717) is 12.6 Å². The molecule has 1 atom stereocenters. The number of likely N-dealkylation sites (N-methyl/N-ethyl adjacent to an activating group) is 1. The number of halogens is 1. The molecule has 2 rings (SSSR count). The average Bonchev–Trinajstić information content (AvgIpc) is 2.70. The molecule has 1 fully saturated rings. The van der Waals surface area contributed by atoms with Gasteiger partial charge in [0.25, 0.3) is 0 Å². The van der Waals surface area contributed by atoms with Crippen molar-refractivity contribution in [2.75, 3.05) is 20.7 Å². The van der Waals surface area contributed by atoms with Crippen LogP contribution in [0.25, 0.3) is 0 Å². The molecule has 1 aromatic carbocycles. The van der Waals surface area contributed by atoms with E-state index in [0.717, 1.165) is 24.3 Å². The Labute approximate surface area is 114 Å². The van der Waals surface area contributed by atoms with Crippen LogP contribution < -0.4 is 10.1 Å². The van der Waals surface area contributed by atoms with Crippen LogP contribution >= 0.6 is 0 Å². The maximum atomic E-state index is 13.3. The van der Waals surface area contributed by atoms with Gasteiger partial charge in [0, 0.05) is 30.2 Å². The fourth-order valence-corrected chi connectivity index (χ4v) is 2.71. The van der Waals surface area contributed by atoms with Gasteiger partial charge >= 0.3 is 0 Å². The zero-order valence-electron chi connectivity index (χ0n) is 12.2. The Kier molecular flexibility index (Phi) is 4.11. The van der Waals surface area contributed by atoms with E-state index in [-0.39, 0.29) is 11.4 Å². The molecule has 0 amide bonds. The molecular weight excluding hydrogens is 243 g/mol. The van der Waals surface area contributed by atoms with Gasteiger partial charge in [-0.2, -0.15) is 0 Å². The lowest BCUT2D eigenvalue weighted by atomic mass is 10.0. The smallest absolute Gasteiger partial charge is 0.123 e. The monoisotopic (exact) mass is 266 g/mol. The van der Waals surface area contributed by atoms with Gasteiger partial charge in [0.05, 0.1) is 7.11 Å². The van der Waals surface area contributed by atoms with Crippen LogP contribution in [-0.4, -0.2) is 37.2 Å². The van der Waals surface area contributed by atoms with Crippen molar-refractivity contribution in [1.29, 1.82) is 0 Å². The average molecular weight is 266 g/mol. The summed E-state index contributed by atoms with van der Waals surface area (Å²) in [4.78, 5) is 2.26. The minimum Gasteiger partial charge on any atom is -0.496 e. The van der Waals surface area contributed by atoms with Gasteiger partial charge in [0.15, 0.2) is 0 Å². The SMILES string of the molecule is COc1ccc(F)cc1CN(C)C1CNC(C)(C)C1. The molecule has 1 N–H and O–H groups in total. The van der Waals surface area contributed by atoms with E-state index in [1.54, 1.807) is 19.2 Å². The minimum atomic E-state index is -0.214. The predicted octanol–water partition coefficient (Wildman–Crippen LogP) is 2.41. The third-order valence-corrected chi connectivity index (χ3v) is 3.85. The minimum absolute atomic E-state index is 0.185. The molecule has 1 saturated heterocycles. The number of rotatable bonds is 4. The van der Waals surface area contributed by atoms with E-state index in [2.05, 4.69) is 31.1 Å². The van der Waals surface area contributed by atoms with Crippen molar-refractivity contribution in [3.05, 3.63) is 29.6 Å². The second-order valence-corrected chi connectivity index (χ2v) is 5.99. The van der Waals surface area contributed by atoms with Crippen molar-refractivity contribution in [3.63, 3.8) is 0 Å². The van der Waals surface area contributed by atoms with E-state index < -0.39 is 0 Å². The Morgan fingerprint density at radius 1 is 1.47 bits per heavy atom. The molecule has 4 heteroatoms. The molecule has 0 aliphatic carbocycles. The largest absolute Gasteiger partial charge is 0.496 e. The summed E-state index contributed by atoms with van der Waals surface area (Å²) in [6.45, 7) is 6.09. The van der Waals surface area contributed by atoms with Gasteiger partial charge in [-0.3, -0.25) is 4.90 Å². The summed E-state index contributed by atoms with van der Waals surface area (Å²) >= 11 is 0. The molecule has 0 radical (unpaired) electrons. The van der Waals surface area contributed by atoms with Crippen LogP contribution in [0.1, 0.15) is 25.8 Å². The molecule has 19 heavy (non-hydrogen) atoms. The topological polar surface area (TPSA) is 24.5 Å². The summed E-state index contributed by atoms with van der Waals surface area (Å²) in [6.07, 6.45) is 1.10. The van der Waals surface area contributed by atoms with Crippen molar-refractivity contribution in [3.8, 4) is 5.75 Å². The van der Waals surface area contributed by atoms with Crippen molar-refractivity contribution in [2.45, 2.75) is 38.4 Å². The van der Waals surface area contributed by atoms with Crippen LogP contribution in [0.2, 0.25) is 0 Å². The zero-order valence-corrected chi connectivity index (χ0v) is 12.2. The number of nitrogens with one attached hydrogen (secondary N) is 1. The van der Waals surface area contributed by atoms with Crippen molar-refractivity contribution < 1.29 is 9.13 Å². The number of hydrogen-bond donors (Lipinski definition) is 1. The summed E-state index contributed by atoms with van der Waals surface area (Å²) in [5.41, 5.74) is 1.08. The summed E-state index contributed by atoms with van der Waals surface area (Å²) in [5.74, 6) is 0.535. The lowest BCUT2D eigenvalue weighted by Crippen LogP contribution is -2.33. The van der Waals surface area contributed by atoms with E-state index in [1.807, 2.05) is 0 Å². The Bertz CT molecular complexity index is 448. The maximum Gasteiger partial charge on any atom is 0.123 e. The Morgan fingerprint density at radius 2 is 2.21 bits per heavy atom. The van der Waals surface area contributed by atoms with E-state index in [4.69, 9.17) is 4.74 Å². The first-order chi connectivity index (χ1) is 8.91. The van der Waals surface area contributed by atoms with Gasteiger partial charge < -0.3 is 10.1 Å². The zero-order chi connectivity index (χ0) is 14.0. The Balaban J connectivity index is 2.07. The molecule has 0 aromatic heterocycles. The second kappa shape index (κ2) is 5.47. The first kappa shape index (κ1) is 14.3. The molecule has 1 aromatic rings. The molecule has 0 bridgehead atoms. The molecule has 1 heterocycles. The van der Waals surface area contributed by atoms with Gasteiger partial charge in [0.1, 0.15) is 11.6 Å². The third kappa shape index (κ3) is 3.45. The summed E-state index contributed by atoms with van der Waals surface area (Å²) < 4.78 is 18.6. The predicted molar refractivity (Wildman–Crippen MR) is 74.9 cm³/mol. The lowest BCUT2D eigenvalue weighted by Gasteiger charge is -2.25. The van der Waals surface area contributed by atoms with Crippen LogP contribution in [0.5, 0.6) is 5.75 Å². The highest BCUT2D eigenvalue weighted by atomic mass is 19.1. The van der Waals surface area contributed by atoms with Crippen LogP contribution in [0.3, 0.4) is 0 Å². The molecule has 1 unspecified atom stereocenters. The van der Waals surface area contributed by atoms with Crippen molar-refractivity contribution in [2.24, 2.45) is 0 Å². The molecule has 0 saturated carbocycles. The molecule has 0 spiro atoms. The quantitative estimate of drug-likeness (QED) is 0.905. The standard InChI is InChI=1S/C15H23FN2O/c1-15(2)8-13(9-17-15)18(3)10-11-7-12(16)5-6-14(11)19-4/h5-7,13,17H,8-10H2,1-4H3. The van der Waals surface area contributed by atoms with Crippen LogP contribution in [0, 0.1) is 5.82 Å². The second-order valence-electron chi connectivity index (χ2n) is 5.99. The van der Waals surface area contributed by atoms with Crippen LogP contribution in [0.15, 0.2) is 18.2 Å². The summed E-state index contributed by atoms with van der Waals surface area (Å²) in [7, 11) is 3.70. The number of methoxy groups -OCH3 is 1. The fourth-order valence-electron chi connectivity index (χ4n) is 2.71. The van der Waals surface area contributed by atoms with Gasteiger partial charge in [-0.25, -0.2) is 4.39 Å². The number of benzene rings is 1. The number of hydrogen-bond acceptors (Lipinski definition) is 3. The van der Waals surface area contributed by atoms with Gasteiger partial charge in [-0.15, -0.1) is 0 Å². The van der Waals surface area contributed by atoms with Gasteiger partial charge in [-0.1, -0.05) is 0 Å². The highest BCUT2D eigenvalue weighted by Gasteiger charge is 2.32. The normalized spacial score (nSPS) is 21.9. The van der Waals surface area contributed by atoms with E-state index in [9.17, 15) is 4.39 Å². The molecule has 106 valence electrons. The highest BCUT2D eigenvalue weighted by Crippen LogP contribution is 2.25. The van der Waals surface area contributed by atoms with Crippen molar-refractivity contribution in [1.82, 2.24) is 10.2 Å². The first-order valence-corrected chi connectivity index (χ1v) is 6.69. The lowest BCUT2D eigenvalue weighted by molar-refractivity contribution is 0.236. The molecule has 3 nitrogen and oxygen atoms in total. The highest BCUT2D eigenvalue weighted by molar-refractivity contribution is 5.33. The van der Waals surface area contributed by atoms with E-state index in [1.165, 1.54) is 6.07 Å². The summed E-state index contributed by atoms with van der Waals surface area (Å²) in [6, 6.07) is 5.16. The van der Waals surface area contributed by atoms with Crippen LogP contribution in [0.4, 0.5) is 4.39 Å². The Hall–Kier alpha value is -1.13. The van der Waals surface area contributed by atoms with Crippen molar-refractivity contribution >= 4 is 0 Å². The number of nitrogens with zero attached hydrogens (tertiary/aromatic N) is 1. The van der Waals surface area contributed by atoms with Gasteiger partial charge in [-0.05, 0) is 45.5 Å². The van der Waals surface area contributed by atoms with Crippen LogP contribution in [-0.2, 0) is 6.54 Å². The van der Waals surface area contributed by atoms with Gasteiger partial charge in [0.2, 0.25) is 0 Å². The maximum absolute atomic E-state index is 13.3.